The molecule has 0 heterocycles. The van der Waals surface area contributed by atoms with Crippen molar-refractivity contribution in [2.24, 2.45) is 5.41 Å². The Hall–Kier alpha value is -1.49. The van der Waals surface area contributed by atoms with Crippen molar-refractivity contribution in [3.05, 3.63) is 35.4 Å². The molecule has 2 rings (SSSR count). The van der Waals surface area contributed by atoms with Gasteiger partial charge in [-0.3, -0.25) is 4.79 Å². The number of hydrogen-bond donors (Lipinski definition) is 2. The normalized spacial score (nSPS) is 16.4. The van der Waals surface area contributed by atoms with Gasteiger partial charge in [0, 0.05) is 12.0 Å². The van der Waals surface area contributed by atoms with Crippen LogP contribution in [0.5, 0.6) is 0 Å². The van der Waals surface area contributed by atoms with Crippen LogP contribution in [-0.2, 0) is 11.2 Å². The number of rotatable bonds is 5. The Kier molecular flexibility index (Phi) is 3.61. The molecule has 1 aromatic carbocycles. The summed E-state index contributed by atoms with van der Waals surface area (Å²) >= 11 is 0. The second kappa shape index (κ2) is 5.02. The van der Waals surface area contributed by atoms with Crippen molar-refractivity contribution in [3.63, 3.8) is 0 Å². The molecule has 0 atom stereocenters. The van der Waals surface area contributed by atoms with Gasteiger partial charge in [0.05, 0.1) is 13.0 Å². The van der Waals surface area contributed by atoms with Crippen molar-refractivity contribution in [2.45, 2.75) is 19.3 Å². The van der Waals surface area contributed by atoms with Gasteiger partial charge in [0.15, 0.2) is 11.6 Å². The van der Waals surface area contributed by atoms with Gasteiger partial charge < -0.3 is 10.4 Å². The van der Waals surface area contributed by atoms with Crippen molar-refractivity contribution in [3.8, 4) is 0 Å². The Bertz CT molecular complexity index is 458. The molecule has 1 aromatic rings. The summed E-state index contributed by atoms with van der Waals surface area (Å²) in [5.74, 6) is -2.12. The first kappa shape index (κ1) is 13.0. The van der Waals surface area contributed by atoms with Crippen LogP contribution in [-0.4, -0.2) is 24.2 Å². The van der Waals surface area contributed by atoms with Crippen molar-refractivity contribution in [1.29, 1.82) is 0 Å². The molecule has 98 valence electrons. The lowest BCUT2D eigenvalue weighted by atomic mass is 10.1. The lowest BCUT2D eigenvalue weighted by molar-refractivity contribution is -0.120. The number of nitrogens with one attached hydrogen (secondary N) is 1. The minimum atomic E-state index is -0.950. The van der Waals surface area contributed by atoms with Crippen LogP contribution in [0.4, 0.5) is 8.78 Å². The fourth-order valence-electron chi connectivity index (χ4n) is 1.75. The molecule has 18 heavy (non-hydrogen) atoms. The van der Waals surface area contributed by atoms with Crippen LogP contribution in [0.3, 0.4) is 0 Å². The molecule has 1 saturated carbocycles. The molecule has 2 N–H and O–H groups in total. The fourth-order valence-corrected chi connectivity index (χ4v) is 1.75. The lowest BCUT2D eigenvalue weighted by Crippen LogP contribution is -2.32. The van der Waals surface area contributed by atoms with Gasteiger partial charge in [0.25, 0.3) is 0 Å². The highest BCUT2D eigenvalue weighted by Gasteiger charge is 2.41. The van der Waals surface area contributed by atoms with E-state index in [1.165, 1.54) is 6.07 Å². The molecule has 0 aliphatic heterocycles. The molecule has 5 heteroatoms. The summed E-state index contributed by atoms with van der Waals surface area (Å²) in [5, 5.41) is 11.8. The van der Waals surface area contributed by atoms with Gasteiger partial charge in [0.1, 0.15) is 0 Å². The fraction of sp³-hybridized carbons (Fsp3) is 0.462. The molecule has 3 nitrogen and oxygen atoms in total. The molecular weight excluding hydrogens is 240 g/mol. The predicted octanol–water partition coefficient (Wildman–Crippen LogP) is 1.40. The average Bonchev–Trinajstić information content (AvgIpc) is 3.12. The van der Waals surface area contributed by atoms with Gasteiger partial charge in [-0.05, 0) is 30.5 Å². The Labute approximate surface area is 104 Å². The molecule has 0 saturated heterocycles. The van der Waals surface area contributed by atoms with Gasteiger partial charge in [-0.15, -0.1) is 0 Å². The first-order chi connectivity index (χ1) is 8.54. The second-order valence-electron chi connectivity index (χ2n) is 4.86. The molecule has 1 aliphatic rings. The predicted molar refractivity (Wildman–Crippen MR) is 61.8 cm³/mol. The van der Waals surface area contributed by atoms with E-state index in [4.69, 9.17) is 5.11 Å². The topological polar surface area (TPSA) is 49.3 Å². The van der Waals surface area contributed by atoms with Crippen LogP contribution >= 0.6 is 0 Å². The van der Waals surface area contributed by atoms with Gasteiger partial charge >= 0.3 is 0 Å². The van der Waals surface area contributed by atoms with Crippen LogP contribution < -0.4 is 5.32 Å². The Morgan fingerprint density at radius 2 is 2.06 bits per heavy atom. The van der Waals surface area contributed by atoms with E-state index in [0.29, 0.717) is 12.1 Å². The average molecular weight is 255 g/mol. The van der Waals surface area contributed by atoms with Gasteiger partial charge in [0.2, 0.25) is 5.91 Å². The molecule has 0 aromatic heterocycles. The highest BCUT2D eigenvalue weighted by molar-refractivity contribution is 5.78. The Morgan fingerprint density at radius 3 is 2.61 bits per heavy atom. The van der Waals surface area contributed by atoms with Gasteiger partial charge in [-0.25, -0.2) is 8.78 Å². The van der Waals surface area contributed by atoms with E-state index in [1.807, 2.05) is 0 Å². The molecule has 0 bridgehead atoms. The van der Waals surface area contributed by atoms with E-state index in [9.17, 15) is 13.6 Å². The van der Waals surface area contributed by atoms with E-state index >= 15 is 0 Å². The van der Waals surface area contributed by atoms with Crippen molar-refractivity contribution >= 4 is 5.91 Å². The minimum absolute atomic E-state index is 0.0126. The third-order valence-corrected chi connectivity index (χ3v) is 3.30. The number of halogens is 2. The van der Waals surface area contributed by atoms with Gasteiger partial charge in [-0.2, -0.15) is 0 Å². The molecule has 1 amide bonds. The SMILES string of the molecule is O=C(Cc1ccc(F)c(F)c1)NCC1(CO)CC1. The molecule has 0 spiro atoms. The largest absolute Gasteiger partial charge is 0.396 e. The maximum Gasteiger partial charge on any atom is 0.224 e. The van der Waals surface area contributed by atoms with E-state index in [2.05, 4.69) is 5.32 Å². The molecule has 1 aliphatic carbocycles. The molecule has 0 radical (unpaired) electrons. The summed E-state index contributed by atoms with van der Waals surface area (Å²) in [6, 6.07) is 3.42. The van der Waals surface area contributed by atoms with Crippen molar-refractivity contribution < 1.29 is 18.7 Å². The number of benzene rings is 1. The van der Waals surface area contributed by atoms with Crippen LogP contribution in [0.15, 0.2) is 18.2 Å². The van der Waals surface area contributed by atoms with E-state index in [0.717, 1.165) is 25.0 Å². The summed E-state index contributed by atoms with van der Waals surface area (Å²) < 4.78 is 25.6. The first-order valence-electron chi connectivity index (χ1n) is 5.86. The van der Waals surface area contributed by atoms with E-state index in [1.54, 1.807) is 0 Å². The summed E-state index contributed by atoms with van der Waals surface area (Å²) in [4.78, 5) is 11.6. The van der Waals surface area contributed by atoms with E-state index in [-0.39, 0.29) is 24.3 Å². The zero-order chi connectivity index (χ0) is 13.2. The molecular formula is C13H15F2NO2. The monoisotopic (exact) mass is 255 g/mol. The Morgan fingerprint density at radius 1 is 1.33 bits per heavy atom. The maximum atomic E-state index is 12.9. The third kappa shape index (κ3) is 3.04. The van der Waals surface area contributed by atoms with Crippen LogP contribution in [0.1, 0.15) is 18.4 Å². The quantitative estimate of drug-likeness (QED) is 0.835. The standard InChI is InChI=1S/C13H15F2NO2/c14-10-2-1-9(5-11(10)15)6-12(18)16-7-13(8-17)3-4-13/h1-2,5,17H,3-4,6-8H2,(H,16,18). The summed E-state index contributed by atoms with van der Waals surface area (Å²) in [6.07, 6.45) is 1.84. The molecule has 1 fully saturated rings. The highest BCUT2D eigenvalue weighted by atomic mass is 19.2. The lowest BCUT2D eigenvalue weighted by Gasteiger charge is -2.12. The summed E-state index contributed by atoms with van der Waals surface area (Å²) in [7, 11) is 0. The minimum Gasteiger partial charge on any atom is -0.396 e. The van der Waals surface area contributed by atoms with Crippen LogP contribution in [0.25, 0.3) is 0 Å². The maximum absolute atomic E-state index is 12.9. The Balaban J connectivity index is 1.85. The number of carbonyl (C=O) groups is 1. The number of carbonyl (C=O) groups excluding carboxylic acids is 1. The number of aliphatic hydroxyl groups is 1. The first-order valence-corrected chi connectivity index (χ1v) is 5.86. The smallest absolute Gasteiger partial charge is 0.224 e. The van der Waals surface area contributed by atoms with Gasteiger partial charge in [-0.1, -0.05) is 6.07 Å². The van der Waals surface area contributed by atoms with Crippen molar-refractivity contribution in [1.82, 2.24) is 5.32 Å². The number of amides is 1. The van der Waals surface area contributed by atoms with Crippen LogP contribution in [0.2, 0.25) is 0 Å². The highest BCUT2D eigenvalue weighted by Crippen LogP contribution is 2.44. The third-order valence-electron chi connectivity index (χ3n) is 3.30. The van der Waals surface area contributed by atoms with Crippen LogP contribution in [0, 0.1) is 17.0 Å². The number of hydrogen-bond acceptors (Lipinski definition) is 2. The van der Waals surface area contributed by atoms with E-state index < -0.39 is 11.6 Å². The zero-order valence-corrected chi connectivity index (χ0v) is 9.88. The summed E-state index contributed by atoms with van der Waals surface area (Å²) in [5.41, 5.74) is 0.282. The van der Waals surface area contributed by atoms with Crippen molar-refractivity contribution in [2.75, 3.05) is 13.2 Å². The zero-order valence-electron chi connectivity index (χ0n) is 9.88. The summed E-state index contributed by atoms with van der Waals surface area (Å²) in [6.45, 7) is 0.504. The molecule has 0 unspecified atom stereocenters. The second-order valence-corrected chi connectivity index (χ2v) is 4.86. The number of aliphatic hydroxyl groups excluding tert-OH is 1.